The smallest absolute Gasteiger partial charge is 0.116 e. The maximum atomic E-state index is 2.55. The molecule has 4 rings (SSSR count). The molecule has 1 atom stereocenters. The minimum Gasteiger partial charge on any atom is -1.00 e. The lowest BCUT2D eigenvalue weighted by Crippen LogP contribution is -3.00. The monoisotopic (exact) mass is 466 g/mol. The van der Waals surface area contributed by atoms with Gasteiger partial charge in [0.1, 0.15) is 6.04 Å². The standard InChI is InChI=1S/C21H27N2S.HI/c1-23(15-13-22(14-16-23)18-8-3-2-4-9-18)20-11-7-17-24-21-12-6-5-10-19(20)21;/h2-6,8-10,12,20H,7,11,13-17H2,1H3;1H/q+1;/p-1. The van der Waals surface area contributed by atoms with Gasteiger partial charge in [0.05, 0.1) is 33.2 Å². The van der Waals surface area contributed by atoms with E-state index in [0.29, 0.717) is 6.04 Å². The molecule has 0 radical (unpaired) electrons. The van der Waals surface area contributed by atoms with E-state index in [9.17, 15) is 0 Å². The van der Waals surface area contributed by atoms with Crippen molar-refractivity contribution in [2.75, 3.05) is 43.9 Å². The zero-order valence-corrected chi connectivity index (χ0v) is 17.9. The molecule has 0 amide bonds. The van der Waals surface area contributed by atoms with Crippen LogP contribution in [-0.2, 0) is 0 Å². The van der Waals surface area contributed by atoms with Crippen LogP contribution in [0.4, 0.5) is 5.69 Å². The number of quaternary nitrogens is 1. The summed E-state index contributed by atoms with van der Waals surface area (Å²) in [4.78, 5) is 4.07. The highest BCUT2D eigenvalue weighted by molar-refractivity contribution is 7.99. The van der Waals surface area contributed by atoms with Crippen molar-refractivity contribution in [3.63, 3.8) is 0 Å². The van der Waals surface area contributed by atoms with Crippen LogP contribution in [0.25, 0.3) is 0 Å². The first-order valence-electron chi connectivity index (χ1n) is 9.12. The summed E-state index contributed by atoms with van der Waals surface area (Å²) in [7, 11) is 2.49. The molecule has 2 aromatic carbocycles. The van der Waals surface area contributed by atoms with Crippen LogP contribution in [-0.4, -0.2) is 43.5 Å². The molecule has 4 heteroatoms. The van der Waals surface area contributed by atoms with Crippen LogP contribution < -0.4 is 28.9 Å². The summed E-state index contributed by atoms with van der Waals surface area (Å²) < 4.78 is 1.20. The number of hydrogen-bond donors (Lipinski definition) is 0. The van der Waals surface area contributed by atoms with Crippen LogP contribution in [0.1, 0.15) is 24.4 Å². The van der Waals surface area contributed by atoms with E-state index in [0.717, 1.165) is 13.1 Å². The predicted octanol–water partition coefficient (Wildman–Crippen LogP) is 1.58. The molecule has 0 aromatic heterocycles. The number of thioether (sulfide) groups is 1. The van der Waals surface area contributed by atoms with Crippen LogP contribution in [0.5, 0.6) is 0 Å². The molecule has 1 unspecified atom stereocenters. The second-order valence-electron chi connectivity index (χ2n) is 7.29. The molecule has 25 heavy (non-hydrogen) atoms. The number of piperazine rings is 1. The number of halogens is 1. The van der Waals surface area contributed by atoms with E-state index in [1.54, 1.807) is 5.56 Å². The Morgan fingerprint density at radius 3 is 2.40 bits per heavy atom. The van der Waals surface area contributed by atoms with Gasteiger partial charge in [0.25, 0.3) is 0 Å². The SMILES string of the molecule is C[N+]1(C2CCCSc3ccccc32)CCN(c2ccccc2)CC1.[I-]. The molecule has 0 aliphatic carbocycles. The fraction of sp³-hybridized carbons (Fsp3) is 0.429. The normalized spacial score (nSPS) is 22.4. The van der Waals surface area contributed by atoms with Crippen molar-refractivity contribution < 1.29 is 28.5 Å². The van der Waals surface area contributed by atoms with E-state index >= 15 is 0 Å². The Labute approximate surface area is 173 Å². The summed E-state index contributed by atoms with van der Waals surface area (Å²) in [5, 5.41) is 0. The van der Waals surface area contributed by atoms with Gasteiger partial charge in [-0.1, -0.05) is 36.4 Å². The maximum Gasteiger partial charge on any atom is 0.116 e. The first-order chi connectivity index (χ1) is 11.8. The van der Waals surface area contributed by atoms with E-state index in [1.807, 2.05) is 0 Å². The first-order valence-corrected chi connectivity index (χ1v) is 10.1. The largest absolute Gasteiger partial charge is 1.00 e. The second kappa shape index (κ2) is 8.31. The quantitative estimate of drug-likeness (QED) is 0.489. The predicted molar refractivity (Wildman–Crippen MR) is 104 cm³/mol. The Morgan fingerprint density at radius 1 is 0.960 bits per heavy atom. The molecule has 0 N–H and O–H groups in total. The van der Waals surface area contributed by atoms with Gasteiger partial charge in [0.15, 0.2) is 0 Å². The summed E-state index contributed by atoms with van der Waals surface area (Å²) in [5.74, 6) is 1.27. The molecule has 0 spiro atoms. The fourth-order valence-corrected chi connectivity index (χ4v) is 5.36. The van der Waals surface area contributed by atoms with E-state index in [1.165, 1.54) is 46.7 Å². The number of para-hydroxylation sites is 1. The summed E-state index contributed by atoms with van der Waals surface area (Å²) in [6, 6.07) is 20.7. The Morgan fingerprint density at radius 2 is 1.64 bits per heavy atom. The number of nitrogens with zero attached hydrogens (tertiary/aromatic N) is 2. The van der Waals surface area contributed by atoms with Crippen LogP contribution >= 0.6 is 11.8 Å². The molecule has 2 heterocycles. The Hall–Kier alpha value is -0.720. The lowest BCUT2D eigenvalue weighted by molar-refractivity contribution is -0.940. The average molecular weight is 466 g/mol. The summed E-state index contributed by atoms with van der Waals surface area (Å²) in [5.41, 5.74) is 2.97. The van der Waals surface area contributed by atoms with Crippen molar-refractivity contribution in [3.05, 3.63) is 60.2 Å². The molecular formula is C21H27IN2S. The average Bonchev–Trinajstić information content (AvgIpc) is 2.86. The van der Waals surface area contributed by atoms with Crippen molar-refractivity contribution in [2.24, 2.45) is 0 Å². The lowest BCUT2D eigenvalue weighted by atomic mass is 9.97. The number of fused-ring (bicyclic) bond motifs is 1. The lowest BCUT2D eigenvalue weighted by Gasteiger charge is -2.47. The number of rotatable bonds is 2. The van der Waals surface area contributed by atoms with Gasteiger partial charge in [-0.05, 0) is 30.4 Å². The van der Waals surface area contributed by atoms with Crippen LogP contribution in [0.15, 0.2) is 59.5 Å². The molecule has 0 bridgehead atoms. The van der Waals surface area contributed by atoms with Crippen molar-refractivity contribution in [3.8, 4) is 0 Å². The van der Waals surface area contributed by atoms with Gasteiger partial charge in [-0.25, -0.2) is 0 Å². The van der Waals surface area contributed by atoms with E-state index in [4.69, 9.17) is 0 Å². The highest BCUT2D eigenvalue weighted by Crippen LogP contribution is 2.41. The highest BCUT2D eigenvalue weighted by Gasteiger charge is 2.38. The topological polar surface area (TPSA) is 3.24 Å². The number of anilines is 1. The molecule has 2 aromatic rings. The van der Waals surface area contributed by atoms with Gasteiger partial charge < -0.3 is 33.4 Å². The number of benzene rings is 2. The molecule has 2 aliphatic heterocycles. The minimum absolute atomic E-state index is 0. The zero-order chi connectivity index (χ0) is 16.4. The summed E-state index contributed by atoms with van der Waals surface area (Å²) in [6.45, 7) is 4.79. The van der Waals surface area contributed by atoms with Crippen molar-refractivity contribution in [2.45, 2.75) is 23.8 Å². The molecule has 0 saturated carbocycles. The molecule has 2 aliphatic rings. The second-order valence-corrected chi connectivity index (χ2v) is 8.43. The molecule has 134 valence electrons. The van der Waals surface area contributed by atoms with Gasteiger partial charge in [0.2, 0.25) is 0 Å². The first kappa shape index (κ1) is 19.1. The Bertz CT molecular complexity index is 683. The third-order valence-electron chi connectivity index (χ3n) is 5.79. The minimum atomic E-state index is 0. The van der Waals surface area contributed by atoms with Gasteiger partial charge >= 0.3 is 0 Å². The Balaban J connectivity index is 0.00000182. The van der Waals surface area contributed by atoms with Crippen molar-refractivity contribution >= 4 is 17.4 Å². The highest BCUT2D eigenvalue weighted by atomic mass is 127. The molecule has 1 saturated heterocycles. The molecule has 1 fully saturated rings. The number of likely N-dealkylation sites (N-methyl/N-ethyl adjacent to an activating group) is 1. The van der Waals surface area contributed by atoms with Crippen LogP contribution in [0, 0.1) is 0 Å². The van der Waals surface area contributed by atoms with Gasteiger partial charge in [-0.2, -0.15) is 0 Å². The maximum absolute atomic E-state index is 2.55. The fourth-order valence-electron chi connectivity index (χ4n) is 4.28. The van der Waals surface area contributed by atoms with Crippen LogP contribution in [0.3, 0.4) is 0 Å². The molecular weight excluding hydrogens is 439 g/mol. The van der Waals surface area contributed by atoms with E-state index in [-0.39, 0.29) is 24.0 Å². The van der Waals surface area contributed by atoms with E-state index in [2.05, 4.69) is 78.3 Å². The van der Waals surface area contributed by atoms with Crippen molar-refractivity contribution in [1.82, 2.24) is 0 Å². The zero-order valence-electron chi connectivity index (χ0n) is 14.9. The number of hydrogen-bond acceptors (Lipinski definition) is 2. The van der Waals surface area contributed by atoms with Gasteiger partial charge in [0, 0.05) is 22.6 Å². The van der Waals surface area contributed by atoms with Crippen LogP contribution in [0.2, 0.25) is 0 Å². The van der Waals surface area contributed by atoms with Gasteiger partial charge in [-0.3, -0.25) is 0 Å². The third kappa shape index (κ3) is 4.01. The Kier molecular flexibility index (Phi) is 6.34. The third-order valence-corrected chi connectivity index (χ3v) is 6.97. The summed E-state index contributed by atoms with van der Waals surface area (Å²) >= 11 is 2.05. The van der Waals surface area contributed by atoms with E-state index < -0.39 is 0 Å². The van der Waals surface area contributed by atoms with Crippen molar-refractivity contribution in [1.29, 1.82) is 0 Å². The molecule has 2 nitrogen and oxygen atoms in total. The summed E-state index contributed by atoms with van der Waals surface area (Å²) in [6.07, 6.45) is 2.66. The van der Waals surface area contributed by atoms with Gasteiger partial charge in [-0.15, -0.1) is 11.8 Å².